The Kier molecular flexibility index (Phi) is 6.02. The molecule has 2 aromatic rings. The molecule has 0 aliphatic heterocycles. The molecule has 0 radical (unpaired) electrons. The molecule has 0 aliphatic carbocycles. The zero-order chi connectivity index (χ0) is 15.4. The first kappa shape index (κ1) is 16.7. The molecule has 0 amide bonds. The fraction of sp³-hybridized carbons (Fsp3) is 0.438. The smallest absolute Gasteiger partial charge is 0.0702 e. The van der Waals surface area contributed by atoms with Crippen LogP contribution in [0.3, 0.4) is 0 Å². The molecular formula is C16H21Br2N3. The highest BCUT2D eigenvalue weighted by Crippen LogP contribution is 2.28. The Morgan fingerprint density at radius 2 is 1.86 bits per heavy atom. The summed E-state index contributed by atoms with van der Waals surface area (Å²) in [5.74, 6) is 0. The van der Waals surface area contributed by atoms with E-state index in [1.807, 2.05) is 6.20 Å². The monoisotopic (exact) mass is 413 g/mol. The Morgan fingerprint density at radius 1 is 1.19 bits per heavy atom. The number of nitrogens with zero attached hydrogens (tertiary/aromatic N) is 2. The third kappa shape index (κ3) is 4.18. The van der Waals surface area contributed by atoms with E-state index in [-0.39, 0.29) is 6.04 Å². The van der Waals surface area contributed by atoms with Crippen molar-refractivity contribution in [2.24, 2.45) is 0 Å². The van der Waals surface area contributed by atoms with E-state index in [2.05, 4.69) is 92.0 Å². The molecule has 0 saturated carbocycles. The first-order valence-corrected chi connectivity index (χ1v) is 8.82. The minimum Gasteiger partial charge on any atom is -0.309 e. The number of nitrogens with one attached hydrogen (secondary N) is 1. The molecule has 0 spiro atoms. The van der Waals surface area contributed by atoms with Crippen molar-refractivity contribution in [2.45, 2.75) is 39.3 Å². The summed E-state index contributed by atoms with van der Waals surface area (Å²) >= 11 is 7.14. The molecule has 0 bridgehead atoms. The summed E-state index contributed by atoms with van der Waals surface area (Å²) in [5, 5.41) is 8.08. The second kappa shape index (κ2) is 7.56. The molecule has 1 atom stereocenters. The van der Waals surface area contributed by atoms with Gasteiger partial charge in [-0.3, -0.25) is 4.68 Å². The molecule has 0 aliphatic rings. The van der Waals surface area contributed by atoms with Crippen molar-refractivity contribution in [2.75, 3.05) is 6.54 Å². The summed E-state index contributed by atoms with van der Waals surface area (Å²) in [6.07, 6.45) is 2.83. The molecule has 1 aromatic heterocycles. The van der Waals surface area contributed by atoms with Crippen LogP contribution in [0.15, 0.2) is 39.4 Å². The predicted octanol–water partition coefficient (Wildman–Crippen LogP) is 4.88. The highest BCUT2D eigenvalue weighted by atomic mass is 79.9. The van der Waals surface area contributed by atoms with Crippen LogP contribution in [-0.4, -0.2) is 16.3 Å². The Hall–Kier alpha value is -0.650. The van der Waals surface area contributed by atoms with Crippen LogP contribution in [-0.2, 0) is 6.42 Å². The third-order valence-electron chi connectivity index (χ3n) is 3.41. The van der Waals surface area contributed by atoms with E-state index in [0.717, 1.165) is 21.9 Å². The van der Waals surface area contributed by atoms with Crippen molar-refractivity contribution in [3.05, 3.63) is 50.7 Å². The normalized spacial score (nSPS) is 12.9. The molecular weight excluding hydrogens is 394 g/mol. The van der Waals surface area contributed by atoms with Gasteiger partial charge in [-0.25, -0.2) is 0 Å². The van der Waals surface area contributed by atoms with E-state index >= 15 is 0 Å². The predicted molar refractivity (Wildman–Crippen MR) is 94.6 cm³/mol. The molecule has 3 nitrogen and oxygen atoms in total. The summed E-state index contributed by atoms with van der Waals surface area (Å²) in [5.41, 5.74) is 2.53. The fourth-order valence-corrected chi connectivity index (χ4v) is 3.27. The molecule has 0 fully saturated rings. The van der Waals surface area contributed by atoms with Gasteiger partial charge in [-0.1, -0.05) is 35.0 Å². The van der Waals surface area contributed by atoms with Gasteiger partial charge in [-0.05, 0) is 60.4 Å². The largest absolute Gasteiger partial charge is 0.309 e. The van der Waals surface area contributed by atoms with Crippen LogP contribution in [0.25, 0.3) is 0 Å². The van der Waals surface area contributed by atoms with Crippen LogP contribution in [0, 0.1) is 0 Å². The van der Waals surface area contributed by atoms with Crippen LogP contribution < -0.4 is 5.32 Å². The van der Waals surface area contributed by atoms with E-state index in [1.54, 1.807) is 0 Å². The van der Waals surface area contributed by atoms with Gasteiger partial charge in [0.05, 0.1) is 22.4 Å². The Labute approximate surface area is 143 Å². The van der Waals surface area contributed by atoms with Gasteiger partial charge in [0.15, 0.2) is 0 Å². The lowest BCUT2D eigenvalue weighted by Crippen LogP contribution is -2.26. The van der Waals surface area contributed by atoms with Crippen LogP contribution >= 0.6 is 31.9 Å². The van der Waals surface area contributed by atoms with Gasteiger partial charge in [-0.15, -0.1) is 0 Å². The number of benzene rings is 1. The minimum absolute atomic E-state index is 0.246. The van der Waals surface area contributed by atoms with Crippen LogP contribution in [0.2, 0.25) is 0 Å². The number of hydrogen-bond donors (Lipinski definition) is 1. The summed E-state index contributed by atoms with van der Waals surface area (Å²) < 4.78 is 4.27. The second-order valence-corrected chi connectivity index (χ2v) is 7.13. The maximum absolute atomic E-state index is 4.50. The summed E-state index contributed by atoms with van der Waals surface area (Å²) in [6.45, 7) is 7.38. The Morgan fingerprint density at radius 3 is 2.43 bits per heavy atom. The van der Waals surface area contributed by atoms with Gasteiger partial charge < -0.3 is 5.32 Å². The average molecular weight is 415 g/mol. The zero-order valence-electron chi connectivity index (χ0n) is 12.6. The highest BCUT2D eigenvalue weighted by molar-refractivity contribution is 9.10. The molecule has 21 heavy (non-hydrogen) atoms. The number of hydrogen-bond acceptors (Lipinski definition) is 2. The zero-order valence-corrected chi connectivity index (χ0v) is 15.8. The quantitative estimate of drug-likeness (QED) is 0.729. The molecule has 0 saturated heterocycles. The van der Waals surface area contributed by atoms with E-state index in [9.17, 15) is 0 Å². The first-order valence-electron chi connectivity index (χ1n) is 7.23. The minimum atomic E-state index is 0.246. The van der Waals surface area contributed by atoms with E-state index in [1.165, 1.54) is 11.3 Å². The lowest BCUT2D eigenvalue weighted by molar-refractivity contribution is 0.446. The highest BCUT2D eigenvalue weighted by Gasteiger charge is 2.21. The Bertz CT molecular complexity index is 576. The SMILES string of the molecule is CCNC(Cc1ccc(Br)cc1)c1c(Br)cnn1C(C)C. The van der Waals surface area contributed by atoms with Crippen molar-refractivity contribution >= 4 is 31.9 Å². The summed E-state index contributed by atoms with van der Waals surface area (Å²) in [4.78, 5) is 0. The molecule has 1 N–H and O–H groups in total. The van der Waals surface area contributed by atoms with Crippen molar-refractivity contribution in [1.82, 2.24) is 15.1 Å². The van der Waals surface area contributed by atoms with Gasteiger partial charge >= 0.3 is 0 Å². The van der Waals surface area contributed by atoms with Gasteiger partial charge in [0.25, 0.3) is 0 Å². The summed E-state index contributed by atoms with van der Waals surface area (Å²) in [7, 11) is 0. The maximum Gasteiger partial charge on any atom is 0.0702 e. The number of likely N-dealkylation sites (N-methyl/N-ethyl adjacent to an activating group) is 1. The maximum atomic E-state index is 4.50. The molecule has 1 heterocycles. The van der Waals surface area contributed by atoms with Crippen molar-refractivity contribution in [3.63, 3.8) is 0 Å². The molecule has 1 unspecified atom stereocenters. The molecule has 114 valence electrons. The van der Waals surface area contributed by atoms with E-state index in [0.29, 0.717) is 6.04 Å². The number of rotatable bonds is 6. The van der Waals surface area contributed by atoms with Crippen molar-refractivity contribution < 1.29 is 0 Å². The topological polar surface area (TPSA) is 29.9 Å². The molecule has 5 heteroatoms. The van der Waals surface area contributed by atoms with Crippen LogP contribution in [0.1, 0.15) is 44.1 Å². The average Bonchev–Trinajstić information content (AvgIpc) is 2.83. The molecule has 1 aromatic carbocycles. The van der Waals surface area contributed by atoms with Gasteiger partial charge in [-0.2, -0.15) is 5.10 Å². The molecule has 2 rings (SSSR count). The van der Waals surface area contributed by atoms with Gasteiger partial charge in [0.2, 0.25) is 0 Å². The van der Waals surface area contributed by atoms with Gasteiger partial charge in [0.1, 0.15) is 0 Å². The summed E-state index contributed by atoms with van der Waals surface area (Å²) in [6, 6.07) is 9.10. The van der Waals surface area contributed by atoms with Gasteiger partial charge in [0, 0.05) is 10.5 Å². The van der Waals surface area contributed by atoms with E-state index < -0.39 is 0 Å². The van der Waals surface area contributed by atoms with Crippen LogP contribution in [0.5, 0.6) is 0 Å². The first-order chi connectivity index (χ1) is 10.0. The number of halogens is 2. The third-order valence-corrected chi connectivity index (χ3v) is 4.55. The van der Waals surface area contributed by atoms with E-state index in [4.69, 9.17) is 0 Å². The van der Waals surface area contributed by atoms with Crippen LogP contribution in [0.4, 0.5) is 0 Å². The fourth-order valence-electron chi connectivity index (χ4n) is 2.46. The standard InChI is InChI=1S/C16H21Br2N3/c1-4-19-15(9-12-5-7-13(17)8-6-12)16-14(18)10-20-21(16)11(2)3/h5-8,10-11,15,19H,4,9H2,1-3H3. The number of aromatic nitrogens is 2. The van der Waals surface area contributed by atoms with Crippen molar-refractivity contribution in [3.8, 4) is 0 Å². The Balaban J connectivity index is 2.30. The lowest BCUT2D eigenvalue weighted by atomic mass is 10.0. The van der Waals surface area contributed by atoms with Crippen molar-refractivity contribution in [1.29, 1.82) is 0 Å². The lowest BCUT2D eigenvalue weighted by Gasteiger charge is -2.22. The second-order valence-electron chi connectivity index (χ2n) is 5.36.